The summed E-state index contributed by atoms with van der Waals surface area (Å²) < 4.78 is 11.1. The van der Waals surface area contributed by atoms with Crippen molar-refractivity contribution in [1.29, 1.82) is 0 Å². The van der Waals surface area contributed by atoms with Crippen LogP contribution in [0.3, 0.4) is 0 Å². The molecule has 1 amide bonds. The van der Waals surface area contributed by atoms with Crippen LogP contribution in [0.15, 0.2) is 28.8 Å². The van der Waals surface area contributed by atoms with Crippen LogP contribution < -0.4 is 10.1 Å². The maximum Gasteiger partial charge on any atom is 0.255 e. The van der Waals surface area contributed by atoms with Gasteiger partial charge in [-0.05, 0) is 44.7 Å². The third-order valence-electron chi connectivity index (χ3n) is 5.11. The highest BCUT2D eigenvalue weighted by Crippen LogP contribution is 2.26. The maximum atomic E-state index is 12.8. The van der Waals surface area contributed by atoms with Crippen LogP contribution in [0.2, 0.25) is 0 Å². The van der Waals surface area contributed by atoms with Crippen LogP contribution in [0, 0.1) is 19.8 Å². The molecule has 2 atom stereocenters. The van der Waals surface area contributed by atoms with E-state index in [-0.39, 0.29) is 11.9 Å². The summed E-state index contributed by atoms with van der Waals surface area (Å²) in [6.45, 7) is 6.30. The van der Waals surface area contributed by atoms with Gasteiger partial charge in [0.15, 0.2) is 0 Å². The Hall–Kier alpha value is -2.30. The summed E-state index contributed by atoms with van der Waals surface area (Å²) in [6.07, 6.45) is 4.66. The number of para-hydroxylation sites is 1. The van der Waals surface area contributed by atoms with Gasteiger partial charge in [0, 0.05) is 6.04 Å². The Morgan fingerprint density at radius 2 is 2.04 bits per heavy atom. The molecule has 0 spiro atoms. The Bertz CT molecular complexity index is 719. The van der Waals surface area contributed by atoms with Crippen LogP contribution in [0.5, 0.6) is 5.75 Å². The number of hydrogen-bond donors (Lipinski definition) is 1. The fraction of sp³-hybridized carbons (Fsp3) is 0.500. The molecule has 134 valence electrons. The van der Waals surface area contributed by atoms with E-state index in [1.807, 2.05) is 38.1 Å². The summed E-state index contributed by atoms with van der Waals surface area (Å²) in [4.78, 5) is 12.8. The number of hydrogen-bond acceptors (Lipinski definition) is 4. The number of carbonyl (C=O) groups is 1. The van der Waals surface area contributed by atoms with Crippen molar-refractivity contribution in [3.05, 3.63) is 46.8 Å². The number of nitrogens with zero attached hydrogens (tertiary/aromatic N) is 1. The Kier molecular flexibility index (Phi) is 5.41. The Balaban J connectivity index is 1.70. The van der Waals surface area contributed by atoms with Crippen molar-refractivity contribution in [2.75, 3.05) is 0 Å². The summed E-state index contributed by atoms with van der Waals surface area (Å²) in [6, 6.07) is 7.63. The van der Waals surface area contributed by atoms with Crippen LogP contribution in [-0.2, 0) is 6.61 Å². The van der Waals surface area contributed by atoms with Gasteiger partial charge in [0.05, 0.1) is 16.8 Å². The van der Waals surface area contributed by atoms with Gasteiger partial charge in [0.25, 0.3) is 5.91 Å². The van der Waals surface area contributed by atoms with Gasteiger partial charge in [-0.3, -0.25) is 4.79 Å². The molecule has 1 heterocycles. The normalized spacial score (nSPS) is 20.3. The topological polar surface area (TPSA) is 64.4 Å². The Labute approximate surface area is 148 Å². The zero-order valence-corrected chi connectivity index (χ0v) is 15.2. The van der Waals surface area contributed by atoms with Crippen molar-refractivity contribution < 1.29 is 14.1 Å². The van der Waals surface area contributed by atoms with Crippen molar-refractivity contribution in [3.8, 4) is 5.75 Å². The molecule has 1 aliphatic carbocycles. The number of carbonyl (C=O) groups excluding carboxylic acids is 1. The predicted molar refractivity (Wildman–Crippen MR) is 95.6 cm³/mol. The Morgan fingerprint density at radius 3 is 2.76 bits per heavy atom. The highest BCUT2D eigenvalue weighted by molar-refractivity contribution is 5.97. The number of ether oxygens (including phenoxy) is 1. The lowest BCUT2D eigenvalue weighted by Gasteiger charge is -2.29. The van der Waals surface area contributed by atoms with E-state index < -0.39 is 0 Å². The highest BCUT2D eigenvalue weighted by Gasteiger charge is 2.24. The molecular weight excluding hydrogens is 316 g/mol. The minimum atomic E-state index is -0.0619. The van der Waals surface area contributed by atoms with Crippen molar-refractivity contribution in [1.82, 2.24) is 10.5 Å². The molecule has 3 rings (SSSR count). The third kappa shape index (κ3) is 4.03. The lowest BCUT2D eigenvalue weighted by atomic mass is 9.86. The van der Waals surface area contributed by atoms with Gasteiger partial charge in [0.1, 0.15) is 18.1 Å². The molecule has 1 N–H and O–H groups in total. The minimum Gasteiger partial charge on any atom is -0.488 e. The second-order valence-corrected chi connectivity index (χ2v) is 6.93. The van der Waals surface area contributed by atoms with Crippen molar-refractivity contribution >= 4 is 5.91 Å². The summed E-state index contributed by atoms with van der Waals surface area (Å²) in [7, 11) is 0. The van der Waals surface area contributed by atoms with Crippen molar-refractivity contribution in [3.63, 3.8) is 0 Å². The molecule has 0 saturated heterocycles. The summed E-state index contributed by atoms with van der Waals surface area (Å²) in [5.41, 5.74) is 2.32. The first-order valence-corrected chi connectivity index (χ1v) is 9.00. The number of nitrogens with one attached hydrogen (secondary N) is 1. The SMILES string of the molecule is Cc1noc(C)c1COc1ccccc1C(=O)NC1CCCCC1C. The van der Waals surface area contributed by atoms with Crippen LogP contribution >= 0.6 is 0 Å². The van der Waals surface area contributed by atoms with Gasteiger partial charge in [-0.2, -0.15) is 0 Å². The molecule has 5 heteroatoms. The average molecular weight is 342 g/mol. The first-order valence-electron chi connectivity index (χ1n) is 9.00. The molecule has 1 fully saturated rings. The van der Waals surface area contributed by atoms with Gasteiger partial charge >= 0.3 is 0 Å². The van der Waals surface area contributed by atoms with Gasteiger partial charge in [-0.25, -0.2) is 0 Å². The zero-order chi connectivity index (χ0) is 17.8. The monoisotopic (exact) mass is 342 g/mol. The molecule has 5 nitrogen and oxygen atoms in total. The van der Waals surface area contributed by atoms with Crippen molar-refractivity contribution in [2.45, 2.75) is 59.1 Å². The molecular formula is C20H26N2O3. The largest absolute Gasteiger partial charge is 0.488 e. The molecule has 1 aromatic heterocycles. The highest BCUT2D eigenvalue weighted by atomic mass is 16.5. The van der Waals surface area contributed by atoms with E-state index in [2.05, 4.69) is 17.4 Å². The van der Waals surface area contributed by atoms with E-state index in [1.54, 1.807) is 0 Å². The minimum absolute atomic E-state index is 0.0619. The first kappa shape index (κ1) is 17.5. The van der Waals surface area contributed by atoms with E-state index in [0.29, 0.717) is 23.8 Å². The standard InChI is InChI=1S/C20H26N2O3/c1-13-8-4-6-10-18(13)21-20(23)16-9-5-7-11-19(16)24-12-17-14(2)22-25-15(17)3/h5,7,9,11,13,18H,4,6,8,10,12H2,1-3H3,(H,21,23). The molecule has 1 aromatic carbocycles. The molecule has 0 bridgehead atoms. The Morgan fingerprint density at radius 1 is 1.28 bits per heavy atom. The van der Waals surface area contributed by atoms with E-state index >= 15 is 0 Å². The third-order valence-corrected chi connectivity index (χ3v) is 5.11. The summed E-state index contributed by atoms with van der Waals surface area (Å²) in [5, 5.41) is 7.13. The van der Waals surface area contributed by atoms with Crippen LogP contribution in [-0.4, -0.2) is 17.1 Å². The number of amides is 1. The van der Waals surface area contributed by atoms with Crippen LogP contribution in [0.4, 0.5) is 0 Å². The molecule has 0 aliphatic heterocycles. The molecule has 25 heavy (non-hydrogen) atoms. The second kappa shape index (κ2) is 7.72. The predicted octanol–water partition coefficient (Wildman–Crippen LogP) is 4.18. The van der Waals surface area contributed by atoms with E-state index in [4.69, 9.17) is 9.26 Å². The summed E-state index contributed by atoms with van der Waals surface area (Å²) in [5.74, 6) is 1.79. The number of benzene rings is 1. The van der Waals surface area contributed by atoms with Crippen LogP contribution in [0.25, 0.3) is 0 Å². The molecule has 2 aromatic rings. The zero-order valence-electron chi connectivity index (χ0n) is 15.2. The fourth-order valence-corrected chi connectivity index (χ4v) is 3.41. The number of aryl methyl sites for hydroxylation is 2. The van der Waals surface area contributed by atoms with E-state index in [1.165, 1.54) is 19.3 Å². The van der Waals surface area contributed by atoms with E-state index in [9.17, 15) is 4.79 Å². The average Bonchev–Trinajstić information content (AvgIpc) is 2.93. The second-order valence-electron chi connectivity index (χ2n) is 6.93. The fourth-order valence-electron chi connectivity index (χ4n) is 3.41. The quantitative estimate of drug-likeness (QED) is 0.885. The lowest BCUT2D eigenvalue weighted by molar-refractivity contribution is 0.0905. The molecule has 2 unspecified atom stereocenters. The number of rotatable bonds is 5. The van der Waals surface area contributed by atoms with Gasteiger partial charge in [0.2, 0.25) is 0 Å². The lowest BCUT2D eigenvalue weighted by Crippen LogP contribution is -2.41. The van der Waals surface area contributed by atoms with Gasteiger partial charge in [-0.1, -0.05) is 37.1 Å². The smallest absolute Gasteiger partial charge is 0.255 e. The van der Waals surface area contributed by atoms with Crippen molar-refractivity contribution in [2.24, 2.45) is 5.92 Å². The van der Waals surface area contributed by atoms with E-state index in [0.717, 1.165) is 23.4 Å². The van der Waals surface area contributed by atoms with Gasteiger partial charge in [-0.15, -0.1) is 0 Å². The summed E-state index contributed by atoms with van der Waals surface area (Å²) >= 11 is 0. The van der Waals surface area contributed by atoms with Gasteiger partial charge < -0.3 is 14.6 Å². The molecule has 1 saturated carbocycles. The molecule has 0 radical (unpaired) electrons. The first-order chi connectivity index (χ1) is 12.1. The van der Waals surface area contributed by atoms with Crippen LogP contribution in [0.1, 0.15) is 60.0 Å². The maximum absolute atomic E-state index is 12.8. The number of aromatic nitrogens is 1. The molecule has 1 aliphatic rings.